The van der Waals surface area contributed by atoms with Crippen molar-refractivity contribution in [3.63, 3.8) is 0 Å². The van der Waals surface area contributed by atoms with Crippen LogP contribution in [0.5, 0.6) is 0 Å². The molecule has 0 unspecified atom stereocenters. The molecule has 1 atom stereocenters. The van der Waals surface area contributed by atoms with E-state index in [0.29, 0.717) is 5.17 Å². The Hall–Kier alpha value is -1.82. The lowest BCUT2D eigenvalue weighted by molar-refractivity contribution is -0.121. The van der Waals surface area contributed by atoms with Crippen LogP contribution >= 0.6 is 11.8 Å². The maximum Gasteiger partial charge on any atom is 0.262 e. The summed E-state index contributed by atoms with van der Waals surface area (Å²) in [5, 5.41) is 3.00. The molecular weight excluding hydrogens is 262 g/mol. The van der Waals surface area contributed by atoms with Gasteiger partial charge in [0, 0.05) is 26.2 Å². The second-order valence-electron chi connectivity index (χ2n) is 4.35. The number of thioether (sulfide) groups is 1. The predicted molar refractivity (Wildman–Crippen MR) is 77.2 cm³/mol. The Labute approximate surface area is 116 Å². The standard InChI is InChI=1S/C13H15N3O2S/c1-16(2)13-15-12(18)10(19-13)8-11(17)14-9-6-4-3-5-7-9/h3-7,10H,8H2,1-2H3,(H,14,17)/t10-/m1/s1. The van der Waals surface area contributed by atoms with Gasteiger partial charge in [-0.3, -0.25) is 9.59 Å². The molecule has 5 nitrogen and oxygen atoms in total. The first kappa shape index (κ1) is 13.6. The van der Waals surface area contributed by atoms with Gasteiger partial charge in [0.15, 0.2) is 5.17 Å². The summed E-state index contributed by atoms with van der Waals surface area (Å²) >= 11 is 1.33. The predicted octanol–water partition coefficient (Wildman–Crippen LogP) is 1.57. The summed E-state index contributed by atoms with van der Waals surface area (Å²) in [4.78, 5) is 29.2. The Kier molecular flexibility index (Phi) is 4.21. The van der Waals surface area contributed by atoms with Crippen LogP contribution in [-0.4, -0.2) is 41.2 Å². The van der Waals surface area contributed by atoms with E-state index in [9.17, 15) is 9.59 Å². The van der Waals surface area contributed by atoms with E-state index in [4.69, 9.17) is 0 Å². The second kappa shape index (κ2) is 5.88. The van der Waals surface area contributed by atoms with Gasteiger partial charge in [-0.05, 0) is 12.1 Å². The van der Waals surface area contributed by atoms with Crippen LogP contribution in [-0.2, 0) is 9.59 Å². The lowest BCUT2D eigenvalue weighted by atomic mass is 10.2. The van der Waals surface area contributed by atoms with E-state index in [1.807, 2.05) is 44.4 Å². The highest BCUT2D eigenvalue weighted by atomic mass is 32.2. The minimum absolute atomic E-state index is 0.138. The maximum absolute atomic E-state index is 11.8. The van der Waals surface area contributed by atoms with E-state index >= 15 is 0 Å². The summed E-state index contributed by atoms with van der Waals surface area (Å²) in [6, 6.07) is 9.19. The molecule has 1 N–H and O–H groups in total. The maximum atomic E-state index is 11.8. The Bertz CT molecular complexity index is 514. The third-order valence-corrected chi connectivity index (χ3v) is 3.86. The molecule has 0 spiro atoms. The monoisotopic (exact) mass is 277 g/mol. The minimum Gasteiger partial charge on any atom is -0.357 e. The van der Waals surface area contributed by atoms with Gasteiger partial charge >= 0.3 is 0 Å². The molecule has 2 amide bonds. The second-order valence-corrected chi connectivity index (χ2v) is 5.52. The van der Waals surface area contributed by atoms with Crippen LogP contribution in [0, 0.1) is 0 Å². The fourth-order valence-electron chi connectivity index (χ4n) is 1.61. The van der Waals surface area contributed by atoms with Crippen LogP contribution in [0.1, 0.15) is 6.42 Å². The highest BCUT2D eigenvalue weighted by molar-refractivity contribution is 8.15. The summed E-state index contributed by atoms with van der Waals surface area (Å²) in [5.74, 6) is -0.413. The number of hydrogen-bond donors (Lipinski definition) is 1. The first-order chi connectivity index (χ1) is 9.06. The first-order valence-electron chi connectivity index (χ1n) is 5.87. The number of carbonyl (C=O) groups is 2. The fraction of sp³-hybridized carbons (Fsp3) is 0.308. The van der Waals surface area contributed by atoms with Gasteiger partial charge in [-0.25, -0.2) is 0 Å². The topological polar surface area (TPSA) is 61.8 Å². The Morgan fingerprint density at radius 2 is 2.05 bits per heavy atom. The number of nitrogens with one attached hydrogen (secondary N) is 1. The normalized spacial score (nSPS) is 18.1. The molecule has 100 valence electrons. The Morgan fingerprint density at radius 3 is 2.63 bits per heavy atom. The number of para-hydroxylation sites is 1. The zero-order valence-electron chi connectivity index (χ0n) is 10.8. The molecule has 0 saturated heterocycles. The van der Waals surface area contributed by atoms with Gasteiger partial charge < -0.3 is 10.2 Å². The largest absolute Gasteiger partial charge is 0.357 e. The highest BCUT2D eigenvalue weighted by Crippen LogP contribution is 2.26. The molecule has 0 radical (unpaired) electrons. The number of carbonyl (C=O) groups excluding carboxylic acids is 2. The quantitative estimate of drug-likeness (QED) is 0.911. The number of amidine groups is 1. The summed E-state index contributed by atoms with van der Waals surface area (Å²) in [6.07, 6.45) is 0.138. The summed E-state index contributed by atoms with van der Waals surface area (Å²) in [6.45, 7) is 0. The molecule has 1 aliphatic rings. The first-order valence-corrected chi connectivity index (χ1v) is 6.75. The minimum atomic E-state index is -0.416. The van der Waals surface area contributed by atoms with Crippen molar-refractivity contribution in [2.45, 2.75) is 11.7 Å². The van der Waals surface area contributed by atoms with Gasteiger partial charge in [-0.15, -0.1) is 0 Å². The zero-order chi connectivity index (χ0) is 13.8. The summed E-state index contributed by atoms with van der Waals surface area (Å²) in [7, 11) is 3.65. The molecule has 1 heterocycles. The number of rotatable bonds is 3. The van der Waals surface area contributed by atoms with Crippen LogP contribution in [0.15, 0.2) is 35.3 Å². The number of hydrogen-bond acceptors (Lipinski definition) is 4. The van der Waals surface area contributed by atoms with E-state index in [1.165, 1.54) is 11.8 Å². The molecule has 0 aliphatic carbocycles. The Morgan fingerprint density at radius 1 is 1.37 bits per heavy atom. The smallest absolute Gasteiger partial charge is 0.262 e. The van der Waals surface area contributed by atoms with Crippen molar-refractivity contribution in [1.29, 1.82) is 0 Å². The van der Waals surface area contributed by atoms with Crippen LogP contribution < -0.4 is 5.32 Å². The third kappa shape index (κ3) is 3.57. The SMILES string of the molecule is CN(C)C1=NC(=O)[C@@H](CC(=O)Nc2ccccc2)S1. The van der Waals surface area contributed by atoms with Crippen LogP contribution in [0.25, 0.3) is 0 Å². The number of aliphatic imine (C=N–C) groups is 1. The van der Waals surface area contributed by atoms with Gasteiger partial charge in [0.05, 0.1) is 0 Å². The molecule has 0 bridgehead atoms. The molecule has 1 aromatic rings. The van der Waals surface area contributed by atoms with Crippen molar-refractivity contribution in [3.05, 3.63) is 30.3 Å². The lowest BCUT2D eigenvalue weighted by Crippen LogP contribution is -2.22. The summed E-state index contributed by atoms with van der Waals surface area (Å²) in [5.41, 5.74) is 0.733. The molecule has 1 aliphatic heterocycles. The fourth-order valence-corrected chi connectivity index (χ4v) is 2.60. The van der Waals surface area contributed by atoms with Crippen LogP contribution in [0.2, 0.25) is 0 Å². The molecular formula is C13H15N3O2S. The van der Waals surface area contributed by atoms with Crippen molar-refractivity contribution in [3.8, 4) is 0 Å². The third-order valence-electron chi connectivity index (χ3n) is 2.54. The number of nitrogens with zero attached hydrogens (tertiary/aromatic N) is 2. The highest BCUT2D eigenvalue weighted by Gasteiger charge is 2.31. The molecule has 1 aromatic carbocycles. The van der Waals surface area contributed by atoms with Gasteiger partial charge in [0.2, 0.25) is 5.91 Å². The number of amides is 2. The number of anilines is 1. The van der Waals surface area contributed by atoms with E-state index in [2.05, 4.69) is 10.3 Å². The van der Waals surface area contributed by atoms with E-state index in [1.54, 1.807) is 4.90 Å². The van der Waals surface area contributed by atoms with Gasteiger partial charge in [0.25, 0.3) is 5.91 Å². The molecule has 0 fully saturated rings. The van der Waals surface area contributed by atoms with E-state index < -0.39 is 5.25 Å². The van der Waals surface area contributed by atoms with Crippen molar-refractivity contribution in [2.24, 2.45) is 4.99 Å². The average Bonchev–Trinajstić information content (AvgIpc) is 2.72. The summed E-state index contributed by atoms with van der Waals surface area (Å²) < 4.78 is 0. The molecule has 19 heavy (non-hydrogen) atoms. The lowest BCUT2D eigenvalue weighted by Gasteiger charge is -2.11. The van der Waals surface area contributed by atoms with E-state index in [0.717, 1.165) is 5.69 Å². The molecule has 2 rings (SSSR count). The van der Waals surface area contributed by atoms with Crippen molar-refractivity contribution >= 4 is 34.4 Å². The van der Waals surface area contributed by atoms with Crippen molar-refractivity contribution < 1.29 is 9.59 Å². The van der Waals surface area contributed by atoms with Gasteiger partial charge in [0.1, 0.15) is 5.25 Å². The molecule has 0 saturated carbocycles. The van der Waals surface area contributed by atoms with E-state index in [-0.39, 0.29) is 18.2 Å². The zero-order valence-corrected chi connectivity index (χ0v) is 11.6. The van der Waals surface area contributed by atoms with Crippen LogP contribution in [0.4, 0.5) is 5.69 Å². The molecule has 0 aromatic heterocycles. The average molecular weight is 277 g/mol. The van der Waals surface area contributed by atoms with Crippen molar-refractivity contribution in [1.82, 2.24) is 4.90 Å². The van der Waals surface area contributed by atoms with Crippen LogP contribution in [0.3, 0.4) is 0 Å². The van der Waals surface area contributed by atoms with Crippen molar-refractivity contribution in [2.75, 3.05) is 19.4 Å². The van der Waals surface area contributed by atoms with Gasteiger partial charge in [-0.1, -0.05) is 30.0 Å². The molecule has 6 heteroatoms. The van der Waals surface area contributed by atoms with Gasteiger partial charge in [-0.2, -0.15) is 4.99 Å². The Balaban J connectivity index is 1.89. The number of benzene rings is 1.